The SMILES string of the molecule is CCCOc1c(C)cc(C)c(O)c1/C=C/C(=O)c1ccc(NC)cc1. The molecule has 2 rings (SSSR count). The normalized spacial score (nSPS) is 10.9. The minimum atomic E-state index is -0.123. The molecule has 0 spiro atoms. The van der Waals surface area contributed by atoms with Gasteiger partial charge in [0.05, 0.1) is 12.2 Å². The van der Waals surface area contributed by atoms with Gasteiger partial charge in [-0.3, -0.25) is 4.79 Å². The number of anilines is 1. The molecule has 0 radical (unpaired) electrons. The van der Waals surface area contributed by atoms with E-state index in [4.69, 9.17) is 4.74 Å². The van der Waals surface area contributed by atoms with Crippen molar-refractivity contribution in [1.82, 2.24) is 0 Å². The van der Waals surface area contributed by atoms with Gasteiger partial charge in [-0.05, 0) is 73.9 Å². The smallest absolute Gasteiger partial charge is 0.185 e. The summed E-state index contributed by atoms with van der Waals surface area (Å²) in [4.78, 5) is 12.4. The molecule has 4 heteroatoms. The van der Waals surface area contributed by atoms with Crippen LogP contribution in [0.5, 0.6) is 11.5 Å². The Hall–Kier alpha value is -2.75. The third-order valence-electron chi connectivity index (χ3n) is 3.97. The summed E-state index contributed by atoms with van der Waals surface area (Å²) in [6.45, 7) is 6.36. The van der Waals surface area contributed by atoms with Crippen molar-refractivity contribution in [2.45, 2.75) is 27.2 Å². The molecule has 2 aromatic carbocycles. The van der Waals surface area contributed by atoms with Crippen molar-refractivity contribution in [2.24, 2.45) is 0 Å². The second kappa shape index (κ2) is 8.38. The molecule has 2 aromatic rings. The fourth-order valence-corrected chi connectivity index (χ4v) is 2.60. The third kappa shape index (κ3) is 4.41. The molecule has 132 valence electrons. The van der Waals surface area contributed by atoms with Gasteiger partial charge in [0.25, 0.3) is 0 Å². The van der Waals surface area contributed by atoms with E-state index in [1.807, 2.05) is 46.0 Å². The first-order valence-corrected chi connectivity index (χ1v) is 8.44. The highest BCUT2D eigenvalue weighted by molar-refractivity contribution is 6.07. The highest BCUT2D eigenvalue weighted by Crippen LogP contribution is 2.35. The molecule has 0 bridgehead atoms. The molecule has 0 heterocycles. The van der Waals surface area contributed by atoms with Crippen LogP contribution in [0, 0.1) is 13.8 Å². The Morgan fingerprint density at radius 3 is 2.48 bits per heavy atom. The fraction of sp³-hybridized carbons (Fsp3) is 0.286. The number of ketones is 1. The standard InChI is InChI=1S/C21H25NO3/c1-5-12-25-21-15(3)13-14(2)20(24)18(21)10-11-19(23)16-6-8-17(22-4)9-7-16/h6-11,13,22,24H,5,12H2,1-4H3/b11-10+. The van der Waals surface area contributed by atoms with Gasteiger partial charge < -0.3 is 15.2 Å². The third-order valence-corrected chi connectivity index (χ3v) is 3.97. The van der Waals surface area contributed by atoms with Gasteiger partial charge in [-0.25, -0.2) is 0 Å². The minimum absolute atomic E-state index is 0.123. The predicted molar refractivity (Wildman–Crippen MR) is 103 cm³/mol. The van der Waals surface area contributed by atoms with E-state index in [9.17, 15) is 9.90 Å². The van der Waals surface area contributed by atoms with Gasteiger partial charge in [-0.1, -0.05) is 6.92 Å². The number of phenols is 1. The molecule has 0 aliphatic heterocycles. The molecule has 0 aliphatic rings. The van der Waals surface area contributed by atoms with Crippen molar-refractivity contribution in [3.8, 4) is 11.5 Å². The Balaban J connectivity index is 2.33. The first kappa shape index (κ1) is 18.6. The van der Waals surface area contributed by atoms with E-state index in [-0.39, 0.29) is 11.5 Å². The van der Waals surface area contributed by atoms with E-state index < -0.39 is 0 Å². The molecule has 25 heavy (non-hydrogen) atoms. The molecule has 0 fully saturated rings. The molecule has 2 N–H and O–H groups in total. The largest absolute Gasteiger partial charge is 0.507 e. The Morgan fingerprint density at radius 2 is 1.88 bits per heavy atom. The van der Waals surface area contributed by atoms with Gasteiger partial charge in [0, 0.05) is 18.3 Å². The number of hydrogen-bond donors (Lipinski definition) is 2. The molecule has 0 saturated carbocycles. The fourth-order valence-electron chi connectivity index (χ4n) is 2.60. The Labute approximate surface area is 149 Å². The lowest BCUT2D eigenvalue weighted by Crippen LogP contribution is -2.01. The van der Waals surface area contributed by atoms with Gasteiger partial charge in [0.2, 0.25) is 0 Å². The topological polar surface area (TPSA) is 58.6 Å². The number of benzene rings is 2. The molecule has 0 unspecified atom stereocenters. The number of aryl methyl sites for hydroxylation is 2. The van der Waals surface area contributed by atoms with E-state index in [2.05, 4.69) is 5.32 Å². The van der Waals surface area contributed by atoms with Crippen molar-refractivity contribution in [3.05, 3.63) is 58.7 Å². The van der Waals surface area contributed by atoms with Crippen molar-refractivity contribution in [1.29, 1.82) is 0 Å². The van der Waals surface area contributed by atoms with Gasteiger partial charge in [-0.2, -0.15) is 0 Å². The maximum atomic E-state index is 12.4. The summed E-state index contributed by atoms with van der Waals surface area (Å²) < 4.78 is 5.79. The van der Waals surface area contributed by atoms with Gasteiger partial charge in [0.1, 0.15) is 11.5 Å². The number of nitrogens with one attached hydrogen (secondary N) is 1. The maximum Gasteiger partial charge on any atom is 0.185 e. The quantitative estimate of drug-likeness (QED) is 0.565. The van der Waals surface area contributed by atoms with Gasteiger partial charge in [-0.15, -0.1) is 0 Å². The van der Waals surface area contributed by atoms with Crippen LogP contribution in [0.2, 0.25) is 0 Å². The minimum Gasteiger partial charge on any atom is -0.507 e. The van der Waals surface area contributed by atoms with E-state index in [0.29, 0.717) is 23.5 Å². The first-order valence-electron chi connectivity index (χ1n) is 8.44. The number of carbonyl (C=O) groups is 1. The molecule has 0 aliphatic carbocycles. The van der Waals surface area contributed by atoms with Crippen molar-refractivity contribution in [3.63, 3.8) is 0 Å². The second-order valence-corrected chi connectivity index (χ2v) is 5.98. The summed E-state index contributed by atoms with van der Waals surface area (Å²) >= 11 is 0. The van der Waals surface area contributed by atoms with E-state index >= 15 is 0 Å². The van der Waals surface area contributed by atoms with Crippen LogP contribution in [0.15, 0.2) is 36.4 Å². The number of allylic oxidation sites excluding steroid dienone is 1. The highest BCUT2D eigenvalue weighted by atomic mass is 16.5. The van der Waals surface area contributed by atoms with Crippen LogP contribution in [0.1, 0.15) is 40.4 Å². The summed E-state index contributed by atoms with van der Waals surface area (Å²) in [5.41, 5.74) is 3.78. The van der Waals surface area contributed by atoms with Crippen LogP contribution in [0.25, 0.3) is 6.08 Å². The van der Waals surface area contributed by atoms with Crippen molar-refractivity contribution in [2.75, 3.05) is 19.0 Å². The monoisotopic (exact) mass is 339 g/mol. The number of rotatable bonds is 7. The molecular weight excluding hydrogens is 314 g/mol. The predicted octanol–water partition coefficient (Wildman–Crippen LogP) is 4.74. The summed E-state index contributed by atoms with van der Waals surface area (Å²) in [5.74, 6) is 0.647. The van der Waals surface area contributed by atoms with Gasteiger partial charge in [0.15, 0.2) is 5.78 Å². The van der Waals surface area contributed by atoms with E-state index in [1.54, 1.807) is 18.2 Å². The molecule has 0 amide bonds. The second-order valence-electron chi connectivity index (χ2n) is 5.98. The average Bonchev–Trinajstić information content (AvgIpc) is 2.62. The maximum absolute atomic E-state index is 12.4. The highest BCUT2D eigenvalue weighted by Gasteiger charge is 2.13. The molecule has 0 saturated heterocycles. The van der Waals surface area contributed by atoms with Crippen LogP contribution < -0.4 is 10.1 Å². The molecule has 0 aromatic heterocycles. The van der Waals surface area contributed by atoms with Crippen LogP contribution in [0.4, 0.5) is 5.69 Å². The Bertz CT molecular complexity index is 777. The van der Waals surface area contributed by atoms with Crippen molar-refractivity contribution >= 4 is 17.5 Å². The van der Waals surface area contributed by atoms with Crippen molar-refractivity contribution < 1.29 is 14.6 Å². The zero-order valence-corrected chi connectivity index (χ0v) is 15.2. The van der Waals surface area contributed by atoms with E-state index in [0.717, 1.165) is 23.2 Å². The zero-order valence-electron chi connectivity index (χ0n) is 15.2. The lowest BCUT2D eigenvalue weighted by atomic mass is 10.0. The molecule has 4 nitrogen and oxygen atoms in total. The molecule has 0 atom stereocenters. The number of hydrogen-bond acceptors (Lipinski definition) is 4. The first-order chi connectivity index (χ1) is 12.0. The van der Waals surface area contributed by atoms with Crippen LogP contribution >= 0.6 is 0 Å². The Morgan fingerprint density at radius 1 is 1.20 bits per heavy atom. The molecular formula is C21H25NO3. The lowest BCUT2D eigenvalue weighted by molar-refractivity contribution is 0.104. The van der Waals surface area contributed by atoms with Gasteiger partial charge >= 0.3 is 0 Å². The average molecular weight is 339 g/mol. The van der Waals surface area contributed by atoms with Crippen LogP contribution in [-0.4, -0.2) is 24.5 Å². The summed E-state index contributed by atoms with van der Waals surface area (Å²) in [6, 6.07) is 9.13. The van der Waals surface area contributed by atoms with E-state index in [1.165, 1.54) is 6.08 Å². The summed E-state index contributed by atoms with van der Waals surface area (Å²) in [6.07, 6.45) is 3.98. The zero-order chi connectivity index (χ0) is 18.4. The van der Waals surface area contributed by atoms with Crippen LogP contribution in [-0.2, 0) is 0 Å². The summed E-state index contributed by atoms with van der Waals surface area (Å²) in [5, 5.41) is 13.4. The van der Waals surface area contributed by atoms with Crippen LogP contribution in [0.3, 0.4) is 0 Å². The Kier molecular flexibility index (Phi) is 6.23. The number of ether oxygens (including phenoxy) is 1. The number of phenolic OH excluding ortho intramolecular Hbond substituents is 1. The lowest BCUT2D eigenvalue weighted by Gasteiger charge is -2.15. The number of carbonyl (C=O) groups excluding carboxylic acids is 1. The number of aromatic hydroxyl groups is 1. The summed E-state index contributed by atoms with van der Waals surface area (Å²) in [7, 11) is 1.83.